The molecule has 0 heterocycles. The molecule has 0 radical (unpaired) electrons. The molecule has 4 nitrogen and oxygen atoms in total. The Labute approximate surface area is 171 Å². The van der Waals surface area contributed by atoms with Crippen LogP contribution in [0.1, 0.15) is 37.1 Å². The van der Waals surface area contributed by atoms with Gasteiger partial charge in [0, 0.05) is 17.1 Å². The fourth-order valence-corrected chi connectivity index (χ4v) is 2.63. The molecular formula is C19H25ClIN3O. The second-order valence-corrected chi connectivity index (χ2v) is 5.94. The predicted octanol–water partition coefficient (Wildman–Crippen LogP) is 4.31. The van der Waals surface area contributed by atoms with Crippen LogP contribution in [0.5, 0.6) is 0 Å². The van der Waals surface area contributed by atoms with Crippen molar-refractivity contribution in [3.63, 3.8) is 0 Å². The Morgan fingerprint density at radius 2 is 1.76 bits per heavy atom. The summed E-state index contributed by atoms with van der Waals surface area (Å²) < 4.78 is 0. The van der Waals surface area contributed by atoms with Gasteiger partial charge in [0.2, 0.25) is 0 Å². The highest BCUT2D eigenvalue weighted by Crippen LogP contribution is 2.22. The summed E-state index contributed by atoms with van der Waals surface area (Å²) in [5.74, 6) is 0.667. The van der Waals surface area contributed by atoms with Gasteiger partial charge in [-0.2, -0.15) is 0 Å². The summed E-state index contributed by atoms with van der Waals surface area (Å²) in [7, 11) is 0. The molecule has 2 unspecified atom stereocenters. The monoisotopic (exact) mass is 473 g/mol. The van der Waals surface area contributed by atoms with Gasteiger partial charge >= 0.3 is 0 Å². The van der Waals surface area contributed by atoms with E-state index < -0.39 is 6.10 Å². The maximum Gasteiger partial charge on any atom is 0.191 e. The highest BCUT2D eigenvalue weighted by molar-refractivity contribution is 14.0. The summed E-state index contributed by atoms with van der Waals surface area (Å²) in [4.78, 5) is 4.48. The van der Waals surface area contributed by atoms with Gasteiger partial charge in [0.05, 0.1) is 12.6 Å². The van der Waals surface area contributed by atoms with Crippen LogP contribution in [0, 0.1) is 0 Å². The van der Waals surface area contributed by atoms with Gasteiger partial charge in [-0.05, 0) is 25.5 Å². The SMILES string of the molecule is CCNC(=NCC(O)c1ccccc1Cl)NC(C)c1ccccc1.I. The Kier molecular flexibility index (Phi) is 9.85. The summed E-state index contributed by atoms with van der Waals surface area (Å²) in [6.45, 7) is 5.07. The second-order valence-electron chi connectivity index (χ2n) is 5.53. The lowest BCUT2D eigenvalue weighted by Gasteiger charge is -2.19. The van der Waals surface area contributed by atoms with E-state index in [1.54, 1.807) is 6.07 Å². The molecular weight excluding hydrogens is 449 g/mol. The first kappa shape index (κ1) is 21.7. The number of rotatable bonds is 6. The Balaban J connectivity index is 0.00000312. The van der Waals surface area contributed by atoms with Crippen LogP contribution in [0.2, 0.25) is 5.02 Å². The summed E-state index contributed by atoms with van der Waals surface area (Å²) in [6, 6.07) is 17.6. The number of aliphatic imine (C=N–C) groups is 1. The van der Waals surface area contributed by atoms with Gasteiger partial charge in [0.15, 0.2) is 5.96 Å². The maximum absolute atomic E-state index is 10.3. The molecule has 2 aromatic carbocycles. The van der Waals surface area contributed by atoms with E-state index in [2.05, 4.69) is 34.7 Å². The molecule has 0 aliphatic carbocycles. The van der Waals surface area contributed by atoms with Gasteiger partial charge in [-0.3, -0.25) is 4.99 Å². The average Bonchev–Trinajstić information content (AvgIpc) is 2.60. The Hall–Kier alpha value is -1.31. The maximum atomic E-state index is 10.3. The third-order valence-corrected chi connectivity index (χ3v) is 4.03. The van der Waals surface area contributed by atoms with E-state index in [-0.39, 0.29) is 36.6 Å². The number of aliphatic hydroxyl groups excluding tert-OH is 1. The third-order valence-electron chi connectivity index (χ3n) is 3.68. The summed E-state index contributed by atoms with van der Waals surface area (Å²) in [5.41, 5.74) is 1.87. The van der Waals surface area contributed by atoms with Gasteiger partial charge in [-0.1, -0.05) is 60.1 Å². The topological polar surface area (TPSA) is 56.7 Å². The Morgan fingerprint density at radius 1 is 1.12 bits per heavy atom. The number of halogens is 2. The second kappa shape index (κ2) is 11.3. The summed E-state index contributed by atoms with van der Waals surface area (Å²) >= 11 is 6.12. The Morgan fingerprint density at radius 3 is 2.40 bits per heavy atom. The highest BCUT2D eigenvalue weighted by Gasteiger charge is 2.12. The predicted molar refractivity (Wildman–Crippen MR) is 116 cm³/mol. The zero-order chi connectivity index (χ0) is 17.4. The van der Waals surface area contributed by atoms with Gasteiger partial charge in [0.25, 0.3) is 0 Å². The smallest absolute Gasteiger partial charge is 0.191 e. The molecule has 0 aromatic heterocycles. The van der Waals surface area contributed by atoms with Crippen molar-refractivity contribution in [3.05, 3.63) is 70.7 Å². The van der Waals surface area contributed by atoms with Crippen LogP contribution < -0.4 is 10.6 Å². The lowest BCUT2D eigenvalue weighted by molar-refractivity contribution is 0.187. The molecule has 6 heteroatoms. The molecule has 136 valence electrons. The molecule has 0 amide bonds. The van der Waals surface area contributed by atoms with Crippen LogP contribution in [0.25, 0.3) is 0 Å². The highest BCUT2D eigenvalue weighted by atomic mass is 127. The summed E-state index contributed by atoms with van der Waals surface area (Å²) in [6.07, 6.45) is -0.735. The van der Waals surface area contributed by atoms with E-state index in [1.165, 1.54) is 5.56 Å². The molecule has 0 bridgehead atoms. The summed E-state index contributed by atoms with van der Waals surface area (Å²) in [5, 5.41) is 17.4. The van der Waals surface area contributed by atoms with Crippen molar-refractivity contribution in [2.45, 2.75) is 26.0 Å². The largest absolute Gasteiger partial charge is 0.386 e. The first-order valence-corrected chi connectivity index (χ1v) is 8.52. The van der Waals surface area contributed by atoms with E-state index in [0.717, 1.165) is 6.54 Å². The van der Waals surface area contributed by atoms with Crippen LogP contribution in [0.3, 0.4) is 0 Å². The van der Waals surface area contributed by atoms with Crippen molar-refractivity contribution in [2.24, 2.45) is 4.99 Å². The molecule has 3 N–H and O–H groups in total. The van der Waals surface area contributed by atoms with Crippen LogP contribution in [-0.4, -0.2) is 24.2 Å². The molecule has 0 saturated carbocycles. The molecule has 25 heavy (non-hydrogen) atoms. The van der Waals surface area contributed by atoms with Crippen molar-refractivity contribution in [3.8, 4) is 0 Å². The molecule has 2 rings (SSSR count). The lowest BCUT2D eigenvalue weighted by atomic mass is 10.1. The Bertz CT molecular complexity index is 667. The number of nitrogens with one attached hydrogen (secondary N) is 2. The molecule has 0 fully saturated rings. The van der Waals surface area contributed by atoms with E-state index in [4.69, 9.17) is 11.6 Å². The van der Waals surface area contributed by atoms with E-state index in [9.17, 15) is 5.11 Å². The molecule has 0 spiro atoms. The number of guanidine groups is 1. The van der Waals surface area contributed by atoms with Gasteiger partial charge in [0.1, 0.15) is 6.10 Å². The van der Waals surface area contributed by atoms with Gasteiger partial charge in [-0.25, -0.2) is 0 Å². The number of aliphatic hydroxyl groups is 1. The minimum atomic E-state index is -0.735. The van der Waals surface area contributed by atoms with Crippen molar-refractivity contribution in [1.29, 1.82) is 0 Å². The van der Waals surface area contributed by atoms with Crippen molar-refractivity contribution < 1.29 is 5.11 Å². The van der Waals surface area contributed by atoms with Crippen LogP contribution in [0.4, 0.5) is 0 Å². The van der Waals surface area contributed by atoms with Crippen molar-refractivity contribution in [2.75, 3.05) is 13.1 Å². The first-order chi connectivity index (χ1) is 11.6. The van der Waals surface area contributed by atoms with E-state index in [1.807, 2.05) is 43.3 Å². The minimum Gasteiger partial charge on any atom is -0.386 e. The molecule has 2 atom stereocenters. The molecule has 0 aliphatic rings. The number of hydrogen-bond acceptors (Lipinski definition) is 2. The van der Waals surface area contributed by atoms with Crippen LogP contribution in [-0.2, 0) is 0 Å². The quantitative estimate of drug-likeness (QED) is 0.333. The van der Waals surface area contributed by atoms with Crippen molar-refractivity contribution >= 4 is 41.5 Å². The molecule has 0 aliphatic heterocycles. The molecule has 2 aromatic rings. The third kappa shape index (κ3) is 6.84. The average molecular weight is 474 g/mol. The van der Waals surface area contributed by atoms with Crippen LogP contribution in [0.15, 0.2) is 59.6 Å². The minimum absolute atomic E-state index is 0. The first-order valence-electron chi connectivity index (χ1n) is 8.14. The van der Waals surface area contributed by atoms with Crippen LogP contribution >= 0.6 is 35.6 Å². The molecule has 0 saturated heterocycles. The van der Waals surface area contributed by atoms with Crippen molar-refractivity contribution in [1.82, 2.24) is 10.6 Å². The number of benzene rings is 2. The van der Waals surface area contributed by atoms with E-state index >= 15 is 0 Å². The zero-order valence-corrected chi connectivity index (χ0v) is 17.5. The number of hydrogen-bond donors (Lipinski definition) is 3. The van der Waals surface area contributed by atoms with Gasteiger partial charge in [-0.15, -0.1) is 24.0 Å². The lowest BCUT2D eigenvalue weighted by Crippen LogP contribution is -2.39. The zero-order valence-electron chi connectivity index (χ0n) is 14.4. The normalized spacial score (nSPS) is 13.5. The standard InChI is InChI=1S/C19H24ClN3O.HI/c1-3-21-19(23-14(2)15-9-5-4-6-10-15)22-13-18(24)16-11-7-8-12-17(16)20;/h4-12,14,18,24H,3,13H2,1-2H3,(H2,21,22,23);1H. The van der Waals surface area contributed by atoms with Gasteiger partial charge < -0.3 is 15.7 Å². The van der Waals surface area contributed by atoms with E-state index in [0.29, 0.717) is 16.5 Å². The fourth-order valence-electron chi connectivity index (χ4n) is 2.37. The fraction of sp³-hybridized carbons (Fsp3) is 0.316. The number of nitrogens with zero attached hydrogens (tertiary/aromatic N) is 1.